The molecule has 0 aliphatic rings. The fraction of sp³-hybridized carbons (Fsp3) is 0.263. The lowest BCUT2D eigenvalue weighted by Gasteiger charge is -2.22. The van der Waals surface area contributed by atoms with Gasteiger partial charge in [-0.3, -0.25) is 9.59 Å². The molecular formula is C19H21FN2O2. The van der Waals surface area contributed by atoms with E-state index in [-0.39, 0.29) is 23.9 Å². The van der Waals surface area contributed by atoms with Gasteiger partial charge in [0.25, 0.3) is 5.91 Å². The van der Waals surface area contributed by atoms with Crippen LogP contribution in [0.1, 0.15) is 28.4 Å². The Labute approximate surface area is 141 Å². The standard InChI is InChI=1S/C19H21FN2O2/c1-13-9-14(2)11-18(10-13)22(15(3)23)8-7-21-19(24)16-5-4-6-17(20)12-16/h4-6,9-12H,7-8H2,1-3H3,(H,21,24). The first-order chi connectivity index (χ1) is 11.4. The minimum Gasteiger partial charge on any atom is -0.350 e. The zero-order chi connectivity index (χ0) is 17.7. The molecular weight excluding hydrogens is 307 g/mol. The molecule has 0 heterocycles. The van der Waals surface area contributed by atoms with Gasteiger partial charge in [-0.15, -0.1) is 0 Å². The van der Waals surface area contributed by atoms with Gasteiger partial charge in [0.15, 0.2) is 0 Å². The number of nitrogens with one attached hydrogen (secondary N) is 1. The second-order valence-electron chi connectivity index (χ2n) is 5.78. The Morgan fingerprint density at radius 3 is 2.33 bits per heavy atom. The van der Waals surface area contributed by atoms with E-state index in [1.165, 1.54) is 25.1 Å². The Bertz CT molecular complexity index is 739. The number of benzene rings is 2. The van der Waals surface area contributed by atoms with Gasteiger partial charge in [0.05, 0.1) is 0 Å². The lowest BCUT2D eigenvalue weighted by Crippen LogP contribution is -2.37. The number of aryl methyl sites for hydroxylation is 2. The molecule has 5 heteroatoms. The van der Waals surface area contributed by atoms with Crippen molar-refractivity contribution in [3.8, 4) is 0 Å². The van der Waals surface area contributed by atoms with E-state index in [1.807, 2.05) is 32.0 Å². The van der Waals surface area contributed by atoms with Crippen LogP contribution in [-0.2, 0) is 4.79 Å². The van der Waals surface area contributed by atoms with Crippen LogP contribution in [0, 0.1) is 19.7 Å². The number of carbonyl (C=O) groups is 2. The zero-order valence-electron chi connectivity index (χ0n) is 14.1. The highest BCUT2D eigenvalue weighted by atomic mass is 19.1. The van der Waals surface area contributed by atoms with Gasteiger partial charge >= 0.3 is 0 Å². The van der Waals surface area contributed by atoms with Gasteiger partial charge in [-0.2, -0.15) is 0 Å². The van der Waals surface area contributed by atoms with E-state index in [4.69, 9.17) is 0 Å². The van der Waals surface area contributed by atoms with Gasteiger partial charge in [-0.1, -0.05) is 12.1 Å². The topological polar surface area (TPSA) is 49.4 Å². The Morgan fingerprint density at radius 2 is 1.75 bits per heavy atom. The Kier molecular flexibility index (Phi) is 5.68. The zero-order valence-corrected chi connectivity index (χ0v) is 14.1. The summed E-state index contributed by atoms with van der Waals surface area (Å²) < 4.78 is 13.1. The van der Waals surface area contributed by atoms with Crippen molar-refractivity contribution in [1.82, 2.24) is 5.32 Å². The molecule has 2 amide bonds. The average Bonchev–Trinajstić information content (AvgIpc) is 2.49. The molecule has 1 N–H and O–H groups in total. The molecule has 0 aliphatic carbocycles. The molecule has 0 radical (unpaired) electrons. The van der Waals surface area contributed by atoms with E-state index in [1.54, 1.807) is 11.0 Å². The molecule has 126 valence electrons. The maximum Gasteiger partial charge on any atom is 0.251 e. The number of nitrogens with zero attached hydrogens (tertiary/aromatic N) is 1. The van der Waals surface area contributed by atoms with Gasteiger partial charge in [0, 0.05) is 31.3 Å². The highest BCUT2D eigenvalue weighted by molar-refractivity contribution is 5.94. The summed E-state index contributed by atoms with van der Waals surface area (Å²) in [7, 11) is 0. The molecule has 0 atom stereocenters. The SMILES string of the molecule is CC(=O)N(CCNC(=O)c1cccc(F)c1)c1cc(C)cc(C)c1. The minimum absolute atomic E-state index is 0.0972. The molecule has 0 saturated carbocycles. The van der Waals surface area contributed by atoms with Crippen LogP contribution in [0.25, 0.3) is 0 Å². The monoisotopic (exact) mass is 328 g/mol. The number of hydrogen-bond donors (Lipinski definition) is 1. The maximum absolute atomic E-state index is 13.1. The highest BCUT2D eigenvalue weighted by Crippen LogP contribution is 2.18. The summed E-state index contributed by atoms with van der Waals surface area (Å²) in [5.74, 6) is -0.915. The van der Waals surface area contributed by atoms with Gasteiger partial charge in [-0.25, -0.2) is 4.39 Å². The minimum atomic E-state index is -0.455. The number of halogens is 1. The number of hydrogen-bond acceptors (Lipinski definition) is 2. The van der Waals surface area contributed by atoms with E-state index in [0.29, 0.717) is 6.54 Å². The number of carbonyl (C=O) groups excluding carboxylic acids is 2. The third-order valence-corrected chi connectivity index (χ3v) is 3.61. The molecule has 0 aromatic heterocycles. The summed E-state index contributed by atoms with van der Waals surface area (Å²) in [6, 6.07) is 11.4. The second kappa shape index (κ2) is 7.73. The molecule has 0 aliphatic heterocycles. The Morgan fingerprint density at radius 1 is 1.08 bits per heavy atom. The predicted octanol–water partition coefficient (Wildman–Crippen LogP) is 3.23. The summed E-state index contributed by atoms with van der Waals surface area (Å²) in [5.41, 5.74) is 3.20. The molecule has 24 heavy (non-hydrogen) atoms. The highest BCUT2D eigenvalue weighted by Gasteiger charge is 2.13. The Balaban J connectivity index is 2.02. The van der Waals surface area contributed by atoms with Crippen molar-refractivity contribution in [3.63, 3.8) is 0 Å². The molecule has 0 bridgehead atoms. The van der Waals surface area contributed by atoms with Crippen molar-refractivity contribution < 1.29 is 14.0 Å². The first kappa shape index (κ1) is 17.7. The maximum atomic E-state index is 13.1. The summed E-state index contributed by atoms with van der Waals surface area (Å²) in [5, 5.41) is 2.71. The van der Waals surface area contributed by atoms with Crippen molar-refractivity contribution in [2.24, 2.45) is 0 Å². The smallest absolute Gasteiger partial charge is 0.251 e. The van der Waals surface area contributed by atoms with Crippen molar-refractivity contribution in [3.05, 3.63) is 65.0 Å². The quantitative estimate of drug-likeness (QED) is 0.916. The van der Waals surface area contributed by atoms with Crippen LogP contribution >= 0.6 is 0 Å². The van der Waals surface area contributed by atoms with Crippen molar-refractivity contribution in [2.45, 2.75) is 20.8 Å². The van der Waals surface area contributed by atoms with Crippen molar-refractivity contribution in [2.75, 3.05) is 18.0 Å². The van der Waals surface area contributed by atoms with Crippen LogP contribution in [0.5, 0.6) is 0 Å². The van der Waals surface area contributed by atoms with Crippen LogP contribution in [0.3, 0.4) is 0 Å². The van der Waals surface area contributed by atoms with Gasteiger partial charge in [-0.05, 0) is 55.3 Å². The average molecular weight is 328 g/mol. The lowest BCUT2D eigenvalue weighted by atomic mass is 10.1. The molecule has 2 rings (SSSR count). The molecule has 4 nitrogen and oxygen atoms in total. The molecule has 0 saturated heterocycles. The number of amides is 2. The summed E-state index contributed by atoms with van der Waals surface area (Å²) in [4.78, 5) is 25.5. The fourth-order valence-electron chi connectivity index (χ4n) is 2.59. The first-order valence-electron chi connectivity index (χ1n) is 7.77. The van der Waals surface area contributed by atoms with E-state index < -0.39 is 5.82 Å². The largest absolute Gasteiger partial charge is 0.350 e. The lowest BCUT2D eigenvalue weighted by molar-refractivity contribution is -0.116. The van der Waals surface area contributed by atoms with E-state index in [0.717, 1.165) is 16.8 Å². The summed E-state index contributed by atoms with van der Waals surface area (Å²) >= 11 is 0. The van der Waals surface area contributed by atoms with Crippen molar-refractivity contribution in [1.29, 1.82) is 0 Å². The van der Waals surface area contributed by atoms with Gasteiger partial charge in [0.2, 0.25) is 5.91 Å². The second-order valence-corrected chi connectivity index (χ2v) is 5.78. The number of rotatable bonds is 5. The van der Waals surface area contributed by atoms with Crippen LogP contribution in [0.2, 0.25) is 0 Å². The van der Waals surface area contributed by atoms with E-state index in [2.05, 4.69) is 5.32 Å². The van der Waals surface area contributed by atoms with E-state index in [9.17, 15) is 14.0 Å². The molecule has 0 fully saturated rings. The molecule has 0 unspecified atom stereocenters. The molecule has 2 aromatic carbocycles. The van der Waals surface area contributed by atoms with Crippen LogP contribution in [-0.4, -0.2) is 24.9 Å². The van der Waals surface area contributed by atoms with Crippen LogP contribution < -0.4 is 10.2 Å². The third kappa shape index (κ3) is 4.65. The summed E-state index contributed by atoms with van der Waals surface area (Å²) in [6.07, 6.45) is 0. The van der Waals surface area contributed by atoms with Crippen molar-refractivity contribution >= 4 is 17.5 Å². The summed E-state index contributed by atoms with van der Waals surface area (Å²) in [6.45, 7) is 6.06. The predicted molar refractivity (Wildman–Crippen MR) is 92.7 cm³/mol. The normalized spacial score (nSPS) is 10.3. The van der Waals surface area contributed by atoms with Gasteiger partial charge in [0.1, 0.15) is 5.82 Å². The first-order valence-corrected chi connectivity index (χ1v) is 7.77. The van der Waals surface area contributed by atoms with Gasteiger partial charge < -0.3 is 10.2 Å². The number of anilines is 1. The van der Waals surface area contributed by atoms with Crippen LogP contribution in [0.4, 0.5) is 10.1 Å². The van der Waals surface area contributed by atoms with E-state index >= 15 is 0 Å². The van der Waals surface area contributed by atoms with Crippen LogP contribution in [0.15, 0.2) is 42.5 Å². The molecule has 2 aromatic rings. The Hall–Kier alpha value is -2.69. The third-order valence-electron chi connectivity index (χ3n) is 3.61. The molecule has 0 spiro atoms. The fourth-order valence-corrected chi connectivity index (χ4v) is 2.59.